The highest BCUT2D eigenvalue weighted by molar-refractivity contribution is 5.97. The zero-order valence-electron chi connectivity index (χ0n) is 16.3. The van der Waals surface area contributed by atoms with Crippen LogP contribution in [0.2, 0.25) is 0 Å². The standard InChI is InChI=1S/C23H23N3O3/c1-15-4-3-5-21(14-15)29-20-12-10-18(11-13-20)25-16(2)23(28)26-19-8-6-17(7-9-19)22(24)27/h3-14,16,25H,1-2H3,(H2,24,27)(H,26,28)/t16-/m0/s1. The van der Waals surface area contributed by atoms with Crippen LogP contribution in [0.4, 0.5) is 11.4 Å². The molecule has 3 aromatic rings. The Balaban J connectivity index is 1.56. The number of anilines is 2. The van der Waals surface area contributed by atoms with E-state index in [1.165, 1.54) is 0 Å². The Labute approximate surface area is 169 Å². The first-order valence-corrected chi connectivity index (χ1v) is 9.22. The summed E-state index contributed by atoms with van der Waals surface area (Å²) in [7, 11) is 0. The zero-order chi connectivity index (χ0) is 20.8. The van der Waals surface area contributed by atoms with Crippen molar-refractivity contribution in [2.45, 2.75) is 19.9 Å². The predicted octanol–water partition coefficient (Wildman–Crippen LogP) is 4.33. The van der Waals surface area contributed by atoms with E-state index in [2.05, 4.69) is 10.6 Å². The molecule has 0 heterocycles. The van der Waals surface area contributed by atoms with Crippen LogP contribution in [0.15, 0.2) is 72.8 Å². The van der Waals surface area contributed by atoms with Gasteiger partial charge in [0, 0.05) is 16.9 Å². The van der Waals surface area contributed by atoms with E-state index in [1.54, 1.807) is 31.2 Å². The highest BCUT2D eigenvalue weighted by Gasteiger charge is 2.13. The van der Waals surface area contributed by atoms with Crippen molar-refractivity contribution in [2.24, 2.45) is 5.73 Å². The van der Waals surface area contributed by atoms with E-state index in [9.17, 15) is 9.59 Å². The predicted molar refractivity (Wildman–Crippen MR) is 114 cm³/mol. The average Bonchev–Trinajstić information content (AvgIpc) is 2.70. The van der Waals surface area contributed by atoms with Crippen LogP contribution in [0.1, 0.15) is 22.8 Å². The summed E-state index contributed by atoms with van der Waals surface area (Å²) < 4.78 is 5.83. The molecule has 0 radical (unpaired) electrons. The monoisotopic (exact) mass is 389 g/mol. The van der Waals surface area contributed by atoms with E-state index >= 15 is 0 Å². The third kappa shape index (κ3) is 5.59. The minimum absolute atomic E-state index is 0.197. The lowest BCUT2D eigenvalue weighted by atomic mass is 10.2. The van der Waals surface area contributed by atoms with E-state index in [1.807, 2.05) is 55.5 Å². The summed E-state index contributed by atoms with van der Waals surface area (Å²) in [6.07, 6.45) is 0. The third-order valence-corrected chi connectivity index (χ3v) is 4.29. The maximum Gasteiger partial charge on any atom is 0.248 e. The summed E-state index contributed by atoms with van der Waals surface area (Å²) in [5.74, 6) is 0.790. The molecule has 0 spiro atoms. The number of carbonyl (C=O) groups is 2. The van der Waals surface area contributed by atoms with Crippen LogP contribution in [0.5, 0.6) is 11.5 Å². The lowest BCUT2D eigenvalue weighted by molar-refractivity contribution is -0.116. The molecule has 0 aliphatic heterocycles. The first-order chi connectivity index (χ1) is 13.9. The minimum atomic E-state index is -0.507. The first-order valence-electron chi connectivity index (χ1n) is 9.22. The Bertz CT molecular complexity index is 999. The van der Waals surface area contributed by atoms with Gasteiger partial charge in [-0.25, -0.2) is 0 Å². The number of rotatable bonds is 7. The van der Waals surface area contributed by atoms with Crippen molar-refractivity contribution >= 4 is 23.2 Å². The number of ether oxygens (including phenoxy) is 1. The summed E-state index contributed by atoms with van der Waals surface area (Å²) >= 11 is 0. The van der Waals surface area contributed by atoms with Gasteiger partial charge in [-0.2, -0.15) is 0 Å². The van der Waals surface area contributed by atoms with Crippen molar-refractivity contribution < 1.29 is 14.3 Å². The summed E-state index contributed by atoms with van der Waals surface area (Å²) in [6.45, 7) is 3.78. The molecule has 148 valence electrons. The smallest absolute Gasteiger partial charge is 0.248 e. The second-order valence-corrected chi connectivity index (χ2v) is 6.74. The Morgan fingerprint density at radius 3 is 2.17 bits per heavy atom. The van der Waals surface area contributed by atoms with Crippen molar-refractivity contribution in [3.8, 4) is 11.5 Å². The lowest BCUT2D eigenvalue weighted by Crippen LogP contribution is -2.31. The summed E-state index contributed by atoms with van der Waals surface area (Å²) in [6, 6.07) is 21.2. The molecule has 4 N–H and O–H groups in total. The van der Waals surface area contributed by atoms with Crippen LogP contribution in [-0.4, -0.2) is 17.9 Å². The second-order valence-electron chi connectivity index (χ2n) is 6.74. The fourth-order valence-corrected chi connectivity index (χ4v) is 2.72. The van der Waals surface area contributed by atoms with E-state index in [4.69, 9.17) is 10.5 Å². The molecule has 6 nitrogen and oxygen atoms in total. The van der Waals surface area contributed by atoms with Crippen LogP contribution >= 0.6 is 0 Å². The number of carbonyl (C=O) groups excluding carboxylic acids is 2. The molecule has 3 aromatic carbocycles. The molecule has 1 atom stereocenters. The third-order valence-electron chi connectivity index (χ3n) is 4.29. The van der Waals surface area contributed by atoms with Gasteiger partial charge in [0.25, 0.3) is 0 Å². The molecular weight excluding hydrogens is 366 g/mol. The van der Waals surface area contributed by atoms with E-state index in [0.29, 0.717) is 17.0 Å². The van der Waals surface area contributed by atoms with Crippen molar-refractivity contribution in [3.63, 3.8) is 0 Å². The molecule has 0 saturated heterocycles. The molecule has 0 bridgehead atoms. The summed E-state index contributed by atoms with van der Waals surface area (Å²) in [4.78, 5) is 23.5. The number of hydrogen-bond acceptors (Lipinski definition) is 4. The van der Waals surface area contributed by atoms with Crippen LogP contribution < -0.4 is 21.1 Å². The SMILES string of the molecule is Cc1cccc(Oc2ccc(N[C@@H](C)C(=O)Nc3ccc(C(N)=O)cc3)cc2)c1. The Kier molecular flexibility index (Phi) is 6.14. The van der Waals surface area contributed by atoms with E-state index in [-0.39, 0.29) is 5.91 Å². The molecule has 0 aromatic heterocycles. The van der Waals surface area contributed by atoms with Crippen molar-refractivity contribution in [1.29, 1.82) is 0 Å². The molecule has 0 fully saturated rings. The van der Waals surface area contributed by atoms with Crippen LogP contribution in [0, 0.1) is 6.92 Å². The van der Waals surface area contributed by atoms with Gasteiger partial charge in [-0.1, -0.05) is 12.1 Å². The topological polar surface area (TPSA) is 93.4 Å². The Morgan fingerprint density at radius 1 is 0.897 bits per heavy atom. The molecular formula is C23H23N3O3. The quantitative estimate of drug-likeness (QED) is 0.561. The van der Waals surface area contributed by atoms with Gasteiger partial charge in [0.2, 0.25) is 11.8 Å². The van der Waals surface area contributed by atoms with Gasteiger partial charge >= 0.3 is 0 Å². The largest absolute Gasteiger partial charge is 0.457 e. The number of nitrogens with two attached hydrogens (primary N) is 1. The van der Waals surface area contributed by atoms with Crippen molar-refractivity contribution in [1.82, 2.24) is 0 Å². The zero-order valence-corrected chi connectivity index (χ0v) is 16.3. The van der Waals surface area contributed by atoms with Gasteiger partial charge in [0.15, 0.2) is 0 Å². The minimum Gasteiger partial charge on any atom is -0.457 e. The van der Waals surface area contributed by atoms with Crippen LogP contribution in [0.3, 0.4) is 0 Å². The van der Waals surface area contributed by atoms with Gasteiger partial charge < -0.3 is 21.1 Å². The fraction of sp³-hybridized carbons (Fsp3) is 0.130. The molecule has 0 unspecified atom stereocenters. The van der Waals surface area contributed by atoms with Gasteiger partial charge in [-0.05, 0) is 80.1 Å². The van der Waals surface area contributed by atoms with Crippen molar-refractivity contribution in [3.05, 3.63) is 83.9 Å². The summed E-state index contributed by atoms with van der Waals surface area (Å²) in [5.41, 5.74) is 8.13. The average molecular weight is 389 g/mol. The number of amides is 2. The van der Waals surface area contributed by atoms with Gasteiger partial charge in [-0.15, -0.1) is 0 Å². The molecule has 0 aliphatic rings. The molecule has 29 heavy (non-hydrogen) atoms. The second kappa shape index (κ2) is 8.93. The van der Waals surface area contributed by atoms with Crippen LogP contribution in [0.25, 0.3) is 0 Å². The van der Waals surface area contributed by atoms with E-state index in [0.717, 1.165) is 17.0 Å². The highest BCUT2D eigenvalue weighted by Crippen LogP contribution is 2.24. The summed E-state index contributed by atoms with van der Waals surface area (Å²) in [5, 5.41) is 5.95. The Morgan fingerprint density at radius 2 is 1.55 bits per heavy atom. The van der Waals surface area contributed by atoms with Gasteiger partial charge in [0.1, 0.15) is 17.5 Å². The van der Waals surface area contributed by atoms with Gasteiger partial charge in [0.05, 0.1) is 0 Å². The highest BCUT2D eigenvalue weighted by atomic mass is 16.5. The number of nitrogens with one attached hydrogen (secondary N) is 2. The number of benzene rings is 3. The molecule has 0 aliphatic carbocycles. The lowest BCUT2D eigenvalue weighted by Gasteiger charge is -2.16. The van der Waals surface area contributed by atoms with Crippen molar-refractivity contribution in [2.75, 3.05) is 10.6 Å². The maximum atomic E-state index is 12.4. The fourth-order valence-electron chi connectivity index (χ4n) is 2.72. The maximum absolute atomic E-state index is 12.4. The Hall–Kier alpha value is -3.80. The molecule has 2 amide bonds. The molecule has 0 saturated carbocycles. The van der Waals surface area contributed by atoms with E-state index < -0.39 is 11.9 Å². The number of hydrogen-bond donors (Lipinski definition) is 3. The normalized spacial score (nSPS) is 11.4. The van der Waals surface area contributed by atoms with Crippen LogP contribution in [-0.2, 0) is 4.79 Å². The molecule has 6 heteroatoms. The number of aryl methyl sites for hydroxylation is 1. The number of primary amides is 1. The first kappa shape index (κ1) is 19.9. The van der Waals surface area contributed by atoms with Gasteiger partial charge in [-0.3, -0.25) is 9.59 Å². The molecule has 3 rings (SSSR count).